The van der Waals surface area contributed by atoms with E-state index in [0.717, 1.165) is 11.1 Å². The maximum atomic E-state index is 12.5. The van der Waals surface area contributed by atoms with Crippen molar-refractivity contribution in [2.75, 3.05) is 0 Å². The summed E-state index contributed by atoms with van der Waals surface area (Å²) >= 11 is 0. The van der Waals surface area contributed by atoms with Crippen LogP contribution in [-0.2, 0) is 19.1 Å². The molecule has 0 unspecified atom stereocenters. The highest BCUT2D eigenvalue weighted by molar-refractivity contribution is 6.83. The van der Waals surface area contributed by atoms with Gasteiger partial charge in [-0.05, 0) is 12.5 Å². The third-order valence-corrected chi connectivity index (χ3v) is 4.43. The SMILES string of the molecule is Cc1cccc([C@@H](C#C[Si](C)(C)C)C2C(=O)OC(C)(C)OC2=O)c1. The van der Waals surface area contributed by atoms with Crippen molar-refractivity contribution in [3.63, 3.8) is 0 Å². The zero-order valence-electron chi connectivity index (χ0n) is 15.1. The van der Waals surface area contributed by atoms with Crippen LogP contribution < -0.4 is 0 Å². The van der Waals surface area contributed by atoms with Crippen molar-refractivity contribution >= 4 is 20.0 Å². The van der Waals surface area contributed by atoms with E-state index >= 15 is 0 Å². The van der Waals surface area contributed by atoms with Crippen molar-refractivity contribution in [1.82, 2.24) is 0 Å². The highest BCUT2D eigenvalue weighted by Crippen LogP contribution is 2.33. The topological polar surface area (TPSA) is 52.6 Å². The standard InChI is InChI=1S/C19H24O4Si/c1-13-8-7-9-14(12-13)15(10-11-24(4,5)6)16-17(20)22-19(2,3)23-18(16)21/h7-9,12,15-16H,1-6H3/t15-/m1/s1. The fourth-order valence-electron chi connectivity index (χ4n) is 2.52. The molecule has 0 aliphatic carbocycles. The van der Waals surface area contributed by atoms with Crippen LogP contribution in [0.15, 0.2) is 24.3 Å². The van der Waals surface area contributed by atoms with Crippen molar-refractivity contribution in [3.8, 4) is 11.5 Å². The molecule has 1 heterocycles. The Hall–Kier alpha value is -2.06. The molecule has 1 saturated heterocycles. The molecule has 1 aliphatic heterocycles. The van der Waals surface area contributed by atoms with Gasteiger partial charge in [-0.15, -0.1) is 11.5 Å². The van der Waals surface area contributed by atoms with Crippen LogP contribution in [0.2, 0.25) is 19.6 Å². The van der Waals surface area contributed by atoms with E-state index in [0.29, 0.717) is 0 Å². The maximum Gasteiger partial charge on any atom is 0.325 e. The molecule has 1 fully saturated rings. The normalized spacial score (nSPS) is 18.9. The van der Waals surface area contributed by atoms with E-state index in [-0.39, 0.29) is 0 Å². The van der Waals surface area contributed by atoms with E-state index < -0.39 is 37.6 Å². The zero-order chi connectivity index (χ0) is 18.1. The van der Waals surface area contributed by atoms with Gasteiger partial charge in [-0.3, -0.25) is 9.59 Å². The molecule has 0 aromatic heterocycles. The molecule has 0 saturated carbocycles. The Morgan fingerprint density at radius 3 is 2.21 bits per heavy atom. The van der Waals surface area contributed by atoms with Crippen LogP contribution in [0.1, 0.15) is 30.9 Å². The smallest absolute Gasteiger partial charge is 0.325 e. The van der Waals surface area contributed by atoms with Crippen molar-refractivity contribution in [3.05, 3.63) is 35.4 Å². The second-order valence-corrected chi connectivity index (χ2v) is 12.4. The molecule has 5 heteroatoms. The number of cyclic esters (lactones) is 2. The van der Waals surface area contributed by atoms with Gasteiger partial charge in [0.2, 0.25) is 0 Å². The lowest BCUT2D eigenvalue weighted by Gasteiger charge is -2.34. The monoisotopic (exact) mass is 344 g/mol. The highest BCUT2D eigenvalue weighted by Gasteiger charge is 2.47. The van der Waals surface area contributed by atoms with Gasteiger partial charge in [0.1, 0.15) is 8.07 Å². The molecule has 1 aromatic rings. The van der Waals surface area contributed by atoms with E-state index in [9.17, 15) is 9.59 Å². The van der Waals surface area contributed by atoms with Gasteiger partial charge in [0, 0.05) is 13.8 Å². The first-order valence-electron chi connectivity index (χ1n) is 8.03. The van der Waals surface area contributed by atoms with Crippen molar-refractivity contribution in [2.45, 2.75) is 52.1 Å². The van der Waals surface area contributed by atoms with Gasteiger partial charge in [0.15, 0.2) is 5.92 Å². The summed E-state index contributed by atoms with van der Waals surface area (Å²) in [6.07, 6.45) is 0. The van der Waals surface area contributed by atoms with E-state index in [2.05, 4.69) is 31.1 Å². The number of hydrogen-bond donors (Lipinski definition) is 0. The lowest BCUT2D eigenvalue weighted by molar-refractivity contribution is -0.240. The van der Waals surface area contributed by atoms with Crippen molar-refractivity contribution < 1.29 is 19.1 Å². The zero-order valence-corrected chi connectivity index (χ0v) is 16.1. The third kappa shape index (κ3) is 4.48. The molecular weight excluding hydrogens is 320 g/mol. The summed E-state index contributed by atoms with van der Waals surface area (Å²) < 4.78 is 10.6. The molecule has 0 amide bonds. The Morgan fingerprint density at radius 1 is 1.12 bits per heavy atom. The largest absolute Gasteiger partial charge is 0.422 e. The first-order valence-corrected chi connectivity index (χ1v) is 11.5. The summed E-state index contributed by atoms with van der Waals surface area (Å²) in [4.78, 5) is 24.9. The Balaban J connectivity index is 2.48. The number of rotatable bonds is 2. The molecule has 4 nitrogen and oxygen atoms in total. The molecule has 1 aromatic carbocycles. The van der Waals surface area contributed by atoms with Crippen LogP contribution in [0.5, 0.6) is 0 Å². The number of esters is 2. The Kier molecular flexibility index (Phi) is 4.91. The Morgan fingerprint density at radius 2 is 1.71 bits per heavy atom. The molecule has 128 valence electrons. The molecule has 0 N–H and O–H groups in total. The summed E-state index contributed by atoms with van der Waals surface area (Å²) in [6.45, 7) is 11.4. The van der Waals surface area contributed by atoms with Crippen LogP contribution in [0.25, 0.3) is 0 Å². The van der Waals surface area contributed by atoms with E-state index in [1.165, 1.54) is 0 Å². The van der Waals surface area contributed by atoms with Crippen LogP contribution in [0.4, 0.5) is 0 Å². The lowest BCUT2D eigenvalue weighted by Crippen LogP contribution is -2.48. The number of carbonyl (C=O) groups is 2. The molecule has 0 spiro atoms. The molecule has 2 rings (SSSR count). The quantitative estimate of drug-likeness (QED) is 0.357. The minimum absolute atomic E-state index is 0.562. The Bertz CT molecular complexity index is 699. The van der Waals surface area contributed by atoms with E-state index in [1.807, 2.05) is 31.2 Å². The minimum atomic E-state index is -1.67. The predicted octanol–water partition coefficient (Wildman–Crippen LogP) is 3.41. The molecule has 0 bridgehead atoms. The van der Waals surface area contributed by atoms with Gasteiger partial charge >= 0.3 is 11.9 Å². The van der Waals surface area contributed by atoms with Crippen LogP contribution >= 0.6 is 0 Å². The number of aryl methyl sites for hydroxylation is 1. The second-order valence-electron chi connectivity index (χ2n) is 7.63. The fourth-order valence-corrected chi connectivity index (χ4v) is 3.11. The average molecular weight is 344 g/mol. The third-order valence-electron chi connectivity index (χ3n) is 3.54. The first-order chi connectivity index (χ1) is 11.0. The van der Waals surface area contributed by atoms with Gasteiger partial charge in [0.25, 0.3) is 5.79 Å². The highest BCUT2D eigenvalue weighted by atomic mass is 28.3. The number of hydrogen-bond acceptors (Lipinski definition) is 4. The van der Waals surface area contributed by atoms with Gasteiger partial charge < -0.3 is 9.47 Å². The van der Waals surface area contributed by atoms with Crippen LogP contribution in [0.3, 0.4) is 0 Å². The summed E-state index contributed by atoms with van der Waals surface area (Å²) in [5, 5.41) is 0. The van der Waals surface area contributed by atoms with Crippen LogP contribution in [-0.4, -0.2) is 25.8 Å². The van der Waals surface area contributed by atoms with Gasteiger partial charge in [0.05, 0.1) is 5.92 Å². The predicted molar refractivity (Wildman–Crippen MR) is 94.8 cm³/mol. The summed E-state index contributed by atoms with van der Waals surface area (Å²) in [6, 6.07) is 7.70. The van der Waals surface area contributed by atoms with Gasteiger partial charge in [-0.25, -0.2) is 0 Å². The fraction of sp³-hybridized carbons (Fsp3) is 0.474. The summed E-state index contributed by atoms with van der Waals surface area (Å²) in [7, 11) is -1.67. The van der Waals surface area contributed by atoms with Crippen molar-refractivity contribution in [2.24, 2.45) is 5.92 Å². The molecule has 0 radical (unpaired) electrons. The van der Waals surface area contributed by atoms with E-state index in [4.69, 9.17) is 9.47 Å². The number of ether oxygens (including phenoxy) is 2. The second kappa shape index (κ2) is 6.44. The molecule has 1 aliphatic rings. The van der Waals surface area contributed by atoms with Crippen molar-refractivity contribution in [1.29, 1.82) is 0 Å². The first kappa shape index (κ1) is 18.3. The van der Waals surface area contributed by atoms with Gasteiger partial charge in [-0.1, -0.05) is 49.5 Å². The summed E-state index contributed by atoms with van der Waals surface area (Å²) in [5.41, 5.74) is 5.15. The molecule has 1 atom stereocenters. The minimum Gasteiger partial charge on any atom is -0.422 e. The van der Waals surface area contributed by atoms with E-state index in [1.54, 1.807) is 13.8 Å². The van der Waals surface area contributed by atoms with Gasteiger partial charge in [-0.2, -0.15) is 0 Å². The summed E-state index contributed by atoms with van der Waals surface area (Å²) in [5.74, 6) is -0.824. The average Bonchev–Trinajstić information content (AvgIpc) is 2.39. The molecule has 24 heavy (non-hydrogen) atoms. The maximum absolute atomic E-state index is 12.5. The molecular formula is C19H24O4Si. The lowest BCUT2D eigenvalue weighted by atomic mass is 9.85. The number of carbonyl (C=O) groups excluding carboxylic acids is 2. The van der Waals surface area contributed by atoms with Crippen LogP contribution in [0, 0.1) is 24.3 Å². The number of benzene rings is 1. The Labute approximate surface area is 144 Å².